The van der Waals surface area contributed by atoms with E-state index in [2.05, 4.69) is 15.5 Å². The Morgan fingerprint density at radius 1 is 1.19 bits per heavy atom. The number of amides is 1. The van der Waals surface area contributed by atoms with Crippen LogP contribution in [0.5, 0.6) is 5.75 Å². The monoisotopic (exact) mass is 382 g/mol. The lowest BCUT2D eigenvalue weighted by molar-refractivity contribution is -0.137. The number of aromatic nitrogens is 3. The zero-order valence-electron chi connectivity index (χ0n) is 13.4. The summed E-state index contributed by atoms with van der Waals surface area (Å²) >= 11 is 0.996. The van der Waals surface area contributed by atoms with Crippen LogP contribution in [0.2, 0.25) is 0 Å². The zero-order chi connectivity index (χ0) is 18.7. The molecule has 0 saturated carbocycles. The number of alkyl halides is 3. The van der Waals surface area contributed by atoms with Crippen molar-refractivity contribution >= 4 is 29.0 Å². The van der Waals surface area contributed by atoms with E-state index in [1.165, 1.54) is 17.6 Å². The van der Waals surface area contributed by atoms with E-state index in [0.29, 0.717) is 11.4 Å². The third-order valence-corrected chi connectivity index (χ3v) is 4.35. The van der Waals surface area contributed by atoms with Crippen LogP contribution in [0.25, 0.3) is 5.65 Å². The first-order valence-corrected chi connectivity index (χ1v) is 8.34. The number of hydrogen-bond acceptors (Lipinski definition) is 5. The number of halogens is 3. The Labute approximate surface area is 150 Å². The van der Waals surface area contributed by atoms with Crippen molar-refractivity contribution in [2.75, 3.05) is 18.2 Å². The number of carbonyl (C=O) groups excluding carboxylic acids is 1. The number of thioether (sulfide) groups is 1. The molecule has 0 radical (unpaired) electrons. The van der Waals surface area contributed by atoms with Gasteiger partial charge in [0.25, 0.3) is 0 Å². The van der Waals surface area contributed by atoms with Gasteiger partial charge in [-0.05, 0) is 36.4 Å². The summed E-state index contributed by atoms with van der Waals surface area (Å²) in [4.78, 5) is 12.0. The summed E-state index contributed by atoms with van der Waals surface area (Å²) in [6, 6.07) is 8.94. The molecule has 0 saturated heterocycles. The van der Waals surface area contributed by atoms with Crippen molar-refractivity contribution in [3.8, 4) is 5.75 Å². The Kier molecular flexibility index (Phi) is 5.03. The molecule has 0 aliphatic rings. The van der Waals surface area contributed by atoms with E-state index in [1.807, 2.05) is 0 Å². The molecule has 0 atom stereocenters. The molecular weight excluding hydrogens is 369 g/mol. The van der Waals surface area contributed by atoms with Gasteiger partial charge in [-0.25, -0.2) is 0 Å². The first-order valence-electron chi connectivity index (χ1n) is 7.35. The second-order valence-electron chi connectivity index (χ2n) is 5.19. The Hall–Kier alpha value is -2.75. The van der Waals surface area contributed by atoms with E-state index in [-0.39, 0.29) is 22.5 Å². The van der Waals surface area contributed by atoms with Gasteiger partial charge in [-0.2, -0.15) is 13.2 Å². The summed E-state index contributed by atoms with van der Waals surface area (Å²) in [6.07, 6.45) is -3.55. The Balaban J connectivity index is 1.67. The predicted molar refractivity (Wildman–Crippen MR) is 90.3 cm³/mol. The fourth-order valence-corrected chi connectivity index (χ4v) is 2.85. The highest BCUT2D eigenvalue weighted by atomic mass is 32.2. The molecule has 10 heteroatoms. The molecule has 136 valence electrons. The molecular formula is C16H13F3N4O2S. The van der Waals surface area contributed by atoms with Crippen molar-refractivity contribution in [3.63, 3.8) is 0 Å². The van der Waals surface area contributed by atoms with Gasteiger partial charge in [0.15, 0.2) is 10.8 Å². The normalized spacial score (nSPS) is 11.5. The summed E-state index contributed by atoms with van der Waals surface area (Å²) in [5, 5.41) is 10.5. The van der Waals surface area contributed by atoms with E-state index in [4.69, 9.17) is 4.74 Å². The van der Waals surface area contributed by atoms with Crippen molar-refractivity contribution in [1.29, 1.82) is 0 Å². The van der Waals surface area contributed by atoms with Gasteiger partial charge in [0, 0.05) is 11.9 Å². The number of methoxy groups -OCH3 is 1. The Morgan fingerprint density at radius 2 is 1.92 bits per heavy atom. The number of rotatable bonds is 5. The molecule has 0 fully saturated rings. The quantitative estimate of drug-likeness (QED) is 0.684. The van der Waals surface area contributed by atoms with E-state index in [9.17, 15) is 18.0 Å². The van der Waals surface area contributed by atoms with Gasteiger partial charge >= 0.3 is 6.18 Å². The van der Waals surface area contributed by atoms with Crippen molar-refractivity contribution < 1.29 is 22.7 Å². The molecule has 1 aromatic carbocycles. The number of ether oxygens (including phenoxy) is 1. The van der Waals surface area contributed by atoms with Crippen LogP contribution in [0.3, 0.4) is 0 Å². The number of hydrogen-bond donors (Lipinski definition) is 1. The summed E-state index contributed by atoms with van der Waals surface area (Å²) in [7, 11) is 1.54. The molecule has 0 spiro atoms. The van der Waals surface area contributed by atoms with E-state index < -0.39 is 11.7 Å². The first-order chi connectivity index (χ1) is 12.4. The van der Waals surface area contributed by atoms with Crippen LogP contribution < -0.4 is 10.1 Å². The lowest BCUT2D eigenvalue weighted by Gasteiger charge is -2.08. The smallest absolute Gasteiger partial charge is 0.417 e. The number of anilines is 1. The van der Waals surface area contributed by atoms with Crippen LogP contribution in [-0.2, 0) is 11.0 Å². The molecule has 1 amide bonds. The van der Waals surface area contributed by atoms with E-state index >= 15 is 0 Å². The van der Waals surface area contributed by atoms with Crippen LogP contribution in [0, 0.1) is 0 Å². The molecule has 0 aliphatic heterocycles. The average molecular weight is 382 g/mol. The fraction of sp³-hybridized carbons (Fsp3) is 0.188. The fourth-order valence-electron chi connectivity index (χ4n) is 2.14. The van der Waals surface area contributed by atoms with Gasteiger partial charge in [-0.15, -0.1) is 10.2 Å². The highest BCUT2D eigenvalue weighted by molar-refractivity contribution is 7.99. The second-order valence-corrected chi connectivity index (χ2v) is 6.13. The van der Waals surface area contributed by atoms with Crippen molar-refractivity contribution in [3.05, 3.63) is 48.2 Å². The molecule has 26 heavy (non-hydrogen) atoms. The summed E-state index contributed by atoms with van der Waals surface area (Å²) < 4.78 is 44.7. The van der Waals surface area contributed by atoms with Crippen LogP contribution in [-0.4, -0.2) is 33.4 Å². The van der Waals surface area contributed by atoms with Gasteiger partial charge in [-0.3, -0.25) is 9.20 Å². The highest BCUT2D eigenvalue weighted by Gasteiger charge is 2.31. The molecule has 6 nitrogen and oxygen atoms in total. The Morgan fingerprint density at radius 3 is 2.58 bits per heavy atom. The van der Waals surface area contributed by atoms with Crippen molar-refractivity contribution in [2.24, 2.45) is 0 Å². The van der Waals surface area contributed by atoms with Gasteiger partial charge in [0.1, 0.15) is 5.75 Å². The lowest BCUT2D eigenvalue weighted by Crippen LogP contribution is -2.14. The third kappa shape index (κ3) is 4.07. The average Bonchev–Trinajstić information content (AvgIpc) is 3.02. The molecule has 2 heterocycles. The highest BCUT2D eigenvalue weighted by Crippen LogP contribution is 2.30. The predicted octanol–water partition coefficient (Wildman–Crippen LogP) is 3.49. The van der Waals surface area contributed by atoms with Crippen LogP contribution >= 0.6 is 11.8 Å². The standard InChI is InChI=1S/C16H13F3N4O2S/c1-25-12-5-3-11(4-6-12)20-14(24)9-26-15-22-21-13-7-2-10(8-23(13)15)16(17,18)19/h2-8H,9H2,1H3,(H,20,24). The molecule has 0 aliphatic carbocycles. The number of benzene rings is 1. The maximum atomic E-state index is 12.8. The summed E-state index contributed by atoms with van der Waals surface area (Å²) in [5.74, 6) is 0.319. The van der Waals surface area contributed by atoms with Crippen molar-refractivity contribution in [1.82, 2.24) is 14.6 Å². The molecule has 3 rings (SSSR count). The summed E-state index contributed by atoms with van der Waals surface area (Å²) in [6.45, 7) is 0. The number of fused-ring (bicyclic) bond motifs is 1. The number of carbonyl (C=O) groups is 1. The van der Waals surface area contributed by atoms with Gasteiger partial charge < -0.3 is 10.1 Å². The minimum absolute atomic E-state index is 0.0247. The maximum Gasteiger partial charge on any atom is 0.417 e. The van der Waals surface area contributed by atoms with E-state index in [0.717, 1.165) is 24.0 Å². The lowest BCUT2D eigenvalue weighted by atomic mass is 10.3. The largest absolute Gasteiger partial charge is 0.497 e. The van der Waals surface area contributed by atoms with Gasteiger partial charge in [0.05, 0.1) is 18.4 Å². The molecule has 0 bridgehead atoms. The third-order valence-electron chi connectivity index (χ3n) is 3.40. The van der Waals surface area contributed by atoms with Crippen LogP contribution in [0.4, 0.5) is 18.9 Å². The topological polar surface area (TPSA) is 68.5 Å². The molecule has 2 aromatic heterocycles. The van der Waals surface area contributed by atoms with Crippen molar-refractivity contribution in [2.45, 2.75) is 11.3 Å². The zero-order valence-corrected chi connectivity index (χ0v) is 14.3. The summed E-state index contributed by atoms with van der Waals surface area (Å²) in [5.41, 5.74) is 0.0484. The maximum absolute atomic E-state index is 12.8. The molecule has 0 unspecified atom stereocenters. The number of pyridine rings is 1. The minimum Gasteiger partial charge on any atom is -0.497 e. The number of nitrogens with one attached hydrogen (secondary N) is 1. The Bertz CT molecular complexity index is 925. The minimum atomic E-state index is -4.47. The molecule has 3 aromatic rings. The van der Waals surface area contributed by atoms with Gasteiger partial charge in [0.2, 0.25) is 5.91 Å². The molecule has 1 N–H and O–H groups in total. The SMILES string of the molecule is COc1ccc(NC(=O)CSc2nnc3ccc(C(F)(F)F)cn23)cc1. The van der Waals surface area contributed by atoms with Gasteiger partial charge in [-0.1, -0.05) is 11.8 Å². The van der Waals surface area contributed by atoms with E-state index in [1.54, 1.807) is 24.3 Å². The number of nitrogens with zero attached hydrogens (tertiary/aromatic N) is 3. The first kappa shape index (κ1) is 18.1. The van der Waals surface area contributed by atoms with Crippen LogP contribution in [0.15, 0.2) is 47.8 Å². The van der Waals surface area contributed by atoms with Crippen LogP contribution in [0.1, 0.15) is 5.56 Å². The second kappa shape index (κ2) is 7.24.